The Morgan fingerprint density at radius 1 is 1.42 bits per heavy atom. The van der Waals surface area contributed by atoms with E-state index in [1.165, 1.54) is 34.0 Å². The molecule has 1 N–H and O–H groups in total. The summed E-state index contributed by atoms with van der Waals surface area (Å²) in [5, 5.41) is 9.12. The van der Waals surface area contributed by atoms with Crippen LogP contribution in [0.4, 0.5) is 0 Å². The molecule has 102 valence electrons. The van der Waals surface area contributed by atoms with Gasteiger partial charge >= 0.3 is 0 Å². The van der Waals surface area contributed by atoms with Crippen LogP contribution in [-0.2, 0) is 13.0 Å². The van der Waals surface area contributed by atoms with Crippen molar-refractivity contribution in [3.8, 4) is 10.6 Å². The highest BCUT2D eigenvalue weighted by Crippen LogP contribution is 2.31. The molecule has 0 aliphatic heterocycles. The number of thiophene rings is 1. The summed E-state index contributed by atoms with van der Waals surface area (Å²) in [7, 11) is 0. The molecule has 0 bridgehead atoms. The fourth-order valence-corrected chi connectivity index (χ4v) is 3.85. The Bertz CT molecular complexity index is 524. The van der Waals surface area contributed by atoms with E-state index in [4.69, 9.17) is 4.98 Å². The smallest absolute Gasteiger partial charge is 0.124 e. The molecule has 1 saturated carbocycles. The highest BCUT2D eigenvalue weighted by atomic mass is 32.1. The summed E-state index contributed by atoms with van der Waals surface area (Å²) in [4.78, 5) is 6.31. The van der Waals surface area contributed by atoms with Crippen LogP contribution in [0.15, 0.2) is 16.8 Å². The van der Waals surface area contributed by atoms with Crippen LogP contribution in [0, 0.1) is 5.92 Å². The molecular weight excluding hydrogens is 272 g/mol. The van der Waals surface area contributed by atoms with Crippen molar-refractivity contribution in [1.29, 1.82) is 0 Å². The lowest BCUT2D eigenvalue weighted by molar-refractivity contribution is 0.624. The second kappa shape index (κ2) is 5.73. The fourth-order valence-electron chi connectivity index (χ4n) is 2.10. The maximum atomic E-state index is 4.88. The number of hydrogen-bond donors (Lipinski definition) is 1. The molecule has 1 aliphatic rings. The van der Waals surface area contributed by atoms with Crippen molar-refractivity contribution in [2.24, 2.45) is 5.92 Å². The molecular formula is C15H20N2S2. The lowest BCUT2D eigenvalue weighted by Gasteiger charge is -2.05. The summed E-state index contributed by atoms with van der Waals surface area (Å²) in [6.45, 7) is 5.53. The molecule has 2 heterocycles. The van der Waals surface area contributed by atoms with Crippen LogP contribution < -0.4 is 5.32 Å². The van der Waals surface area contributed by atoms with Crippen LogP contribution in [0.1, 0.15) is 37.3 Å². The summed E-state index contributed by atoms with van der Waals surface area (Å²) < 4.78 is 0. The van der Waals surface area contributed by atoms with Gasteiger partial charge in [0, 0.05) is 28.4 Å². The van der Waals surface area contributed by atoms with E-state index in [0.29, 0.717) is 5.92 Å². The zero-order valence-corrected chi connectivity index (χ0v) is 13.1. The molecule has 4 heteroatoms. The molecule has 0 unspecified atom stereocenters. The van der Waals surface area contributed by atoms with Crippen molar-refractivity contribution >= 4 is 22.7 Å². The molecule has 19 heavy (non-hydrogen) atoms. The Kier molecular flexibility index (Phi) is 4.01. The van der Waals surface area contributed by atoms with Gasteiger partial charge in [0.25, 0.3) is 0 Å². The molecule has 0 radical (unpaired) electrons. The zero-order chi connectivity index (χ0) is 13.2. The normalized spacial score (nSPS) is 15.3. The number of rotatable bonds is 6. The van der Waals surface area contributed by atoms with E-state index in [0.717, 1.165) is 19.0 Å². The van der Waals surface area contributed by atoms with Gasteiger partial charge in [-0.1, -0.05) is 13.8 Å². The predicted octanol–water partition coefficient (Wildman–Crippen LogP) is 4.32. The lowest BCUT2D eigenvalue weighted by atomic mass is 10.1. The molecule has 2 aromatic heterocycles. The van der Waals surface area contributed by atoms with Gasteiger partial charge in [0.05, 0.1) is 5.69 Å². The minimum atomic E-state index is 0.664. The molecule has 2 nitrogen and oxygen atoms in total. The van der Waals surface area contributed by atoms with Crippen molar-refractivity contribution < 1.29 is 0 Å². The van der Waals surface area contributed by atoms with Gasteiger partial charge in [-0.2, -0.15) is 11.3 Å². The van der Waals surface area contributed by atoms with Gasteiger partial charge in [-0.3, -0.25) is 0 Å². The van der Waals surface area contributed by atoms with Gasteiger partial charge in [-0.25, -0.2) is 4.98 Å². The number of hydrogen-bond acceptors (Lipinski definition) is 4. The molecule has 0 aromatic carbocycles. The van der Waals surface area contributed by atoms with Crippen molar-refractivity contribution in [3.63, 3.8) is 0 Å². The maximum Gasteiger partial charge on any atom is 0.124 e. The quantitative estimate of drug-likeness (QED) is 0.857. The first-order valence-electron chi connectivity index (χ1n) is 6.97. The van der Waals surface area contributed by atoms with Crippen LogP contribution in [-0.4, -0.2) is 11.0 Å². The first-order chi connectivity index (χ1) is 9.22. The fraction of sp³-hybridized carbons (Fsp3) is 0.533. The van der Waals surface area contributed by atoms with Gasteiger partial charge in [0.1, 0.15) is 5.01 Å². The van der Waals surface area contributed by atoms with Crippen LogP contribution >= 0.6 is 22.7 Å². The predicted molar refractivity (Wildman–Crippen MR) is 83.8 cm³/mol. The van der Waals surface area contributed by atoms with Crippen molar-refractivity contribution in [2.75, 3.05) is 0 Å². The van der Waals surface area contributed by atoms with E-state index in [-0.39, 0.29) is 0 Å². The average Bonchev–Trinajstić information content (AvgIpc) is 2.89. The van der Waals surface area contributed by atoms with Gasteiger partial charge in [0.15, 0.2) is 0 Å². The molecule has 0 atom stereocenters. The van der Waals surface area contributed by atoms with Gasteiger partial charge in [-0.05, 0) is 36.6 Å². The van der Waals surface area contributed by atoms with Gasteiger partial charge < -0.3 is 5.32 Å². The average molecular weight is 292 g/mol. The summed E-state index contributed by atoms with van der Waals surface area (Å²) >= 11 is 3.60. The first kappa shape index (κ1) is 13.3. The minimum Gasteiger partial charge on any atom is -0.309 e. The third-order valence-corrected chi connectivity index (χ3v) is 5.11. The van der Waals surface area contributed by atoms with E-state index in [1.54, 1.807) is 11.3 Å². The van der Waals surface area contributed by atoms with E-state index in [9.17, 15) is 0 Å². The largest absolute Gasteiger partial charge is 0.309 e. The molecule has 1 aliphatic carbocycles. The number of nitrogens with zero attached hydrogens (tertiary/aromatic N) is 1. The van der Waals surface area contributed by atoms with E-state index in [1.807, 2.05) is 11.3 Å². The van der Waals surface area contributed by atoms with Crippen molar-refractivity contribution in [3.05, 3.63) is 27.4 Å². The lowest BCUT2D eigenvalue weighted by Crippen LogP contribution is -2.15. The second-order valence-corrected chi connectivity index (χ2v) is 7.52. The van der Waals surface area contributed by atoms with Gasteiger partial charge in [0.2, 0.25) is 0 Å². The van der Waals surface area contributed by atoms with E-state index in [2.05, 4.69) is 36.0 Å². The van der Waals surface area contributed by atoms with Crippen LogP contribution in [0.3, 0.4) is 0 Å². The number of thiazole rings is 1. The Hall–Kier alpha value is -0.710. The van der Waals surface area contributed by atoms with Crippen molar-refractivity contribution in [1.82, 2.24) is 10.3 Å². The van der Waals surface area contributed by atoms with Crippen LogP contribution in [0.25, 0.3) is 10.6 Å². The summed E-state index contributed by atoms with van der Waals surface area (Å²) in [5.41, 5.74) is 2.58. The third-order valence-electron chi connectivity index (χ3n) is 3.28. The molecule has 2 aromatic rings. The van der Waals surface area contributed by atoms with E-state index < -0.39 is 0 Å². The summed E-state index contributed by atoms with van der Waals surface area (Å²) in [6, 6.07) is 2.93. The Labute approximate surface area is 122 Å². The van der Waals surface area contributed by atoms with Crippen molar-refractivity contribution in [2.45, 2.75) is 45.7 Å². The summed E-state index contributed by atoms with van der Waals surface area (Å²) in [6.07, 6.45) is 3.77. The number of aromatic nitrogens is 1. The minimum absolute atomic E-state index is 0.664. The van der Waals surface area contributed by atoms with Crippen LogP contribution in [0.5, 0.6) is 0 Å². The SMILES string of the molecule is CC(C)Cc1nc(-c2ccsc2)sc1CNC1CC1. The third kappa shape index (κ3) is 3.44. The Balaban J connectivity index is 1.81. The molecule has 0 spiro atoms. The van der Waals surface area contributed by atoms with Crippen LogP contribution in [0.2, 0.25) is 0 Å². The highest BCUT2D eigenvalue weighted by molar-refractivity contribution is 7.15. The molecule has 3 rings (SSSR count). The zero-order valence-electron chi connectivity index (χ0n) is 11.5. The Morgan fingerprint density at radius 2 is 2.26 bits per heavy atom. The molecule has 1 fully saturated rings. The Morgan fingerprint density at radius 3 is 2.89 bits per heavy atom. The monoisotopic (exact) mass is 292 g/mol. The molecule has 0 saturated heterocycles. The maximum absolute atomic E-state index is 4.88. The standard InChI is InChI=1S/C15H20N2S2/c1-10(2)7-13-14(8-16-12-3-4-12)19-15(17-13)11-5-6-18-9-11/h5-6,9-10,12,16H,3-4,7-8H2,1-2H3. The van der Waals surface area contributed by atoms with E-state index >= 15 is 0 Å². The number of nitrogens with one attached hydrogen (secondary N) is 1. The summed E-state index contributed by atoms with van der Waals surface area (Å²) in [5.74, 6) is 0.664. The first-order valence-corrected chi connectivity index (χ1v) is 8.73. The highest BCUT2D eigenvalue weighted by Gasteiger charge is 2.22. The second-order valence-electron chi connectivity index (χ2n) is 5.65. The van der Waals surface area contributed by atoms with Gasteiger partial charge in [-0.15, -0.1) is 11.3 Å². The molecule has 0 amide bonds. The topological polar surface area (TPSA) is 24.9 Å².